The smallest absolute Gasteiger partial charge is 0.234 e. The van der Waals surface area contributed by atoms with E-state index in [0.717, 1.165) is 11.3 Å². The van der Waals surface area contributed by atoms with Gasteiger partial charge in [0.15, 0.2) is 0 Å². The van der Waals surface area contributed by atoms with Gasteiger partial charge in [0, 0.05) is 5.69 Å². The van der Waals surface area contributed by atoms with Crippen LogP contribution in [0.3, 0.4) is 0 Å². The first-order valence-corrected chi connectivity index (χ1v) is 8.19. The summed E-state index contributed by atoms with van der Waals surface area (Å²) in [5, 5.41) is 11.6. The number of aromatic amines is 1. The molecule has 1 atom stereocenters. The van der Waals surface area contributed by atoms with E-state index in [2.05, 4.69) is 25.8 Å². The van der Waals surface area contributed by atoms with Gasteiger partial charge in [-0.2, -0.15) is 5.10 Å². The lowest BCUT2D eigenvalue weighted by molar-refractivity contribution is -0.120. The van der Waals surface area contributed by atoms with E-state index >= 15 is 0 Å². The average molecular weight is 333 g/mol. The van der Waals surface area contributed by atoms with Crippen LogP contribution in [0.1, 0.15) is 18.3 Å². The Kier molecular flexibility index (Phi) is 6.16. The number of benzene rings is 1. The maximum atomic E-state index is 11.9. The number of H-pyrrole nitrogens is 1. The first-order valence-electron chi connectivity index (χ1n) is 7.14. The number of anilines is 1. The second-order valence-electron chi connectivity index (χ2n) is 5.02. The minimum atomic E-state index is -0.332. The molecule has 1 heterocycles. The molecule has 0 saturated carbocycles. The molecule has 1 unspecified atom stereocenters. The third-order valence-electron chi connectivity index (χ3n) is 3.06. The van der Waals surface area contributed by atoms with E-state index in [1.807, 2.05) is 31.2 Å². The maximum absolute atomic E-state index is 11.9. The topological polar surface area (TPSA) is 99.8 Å². The Bertz CT molecular complexity index is 642. The Morgan fingerprint density at radius 2 is 2.04 bits per heavy atom. The number of nitrogens with zero attached hydrogens (tertiary/aromatic N) is 2. The fourth-order valence-electron chi connectivity index (χ4n) is 1.74. The van der Waals surface area contributed by atoms with E-state index in [9.17, 15) is 9.59 Å². The number of carbonyl (C=O) groups excluding carboxylic acids is 2. The number of nitrogens with one attached hydrogen (secondary N) is 3. The van der Waals surface area contributed by atoms with Crippen molar-refractivity contribution < 1.29 is 9.59 Å². The number of aromatic nitrogens is 3. The van der Waals surface area contributed by atoms with Crippen molar-refractivity contribution in [3.8, 4) is 0 Å². The van der Waals surface area contributed by atoms with Gasteiger partial charge in [-0.25, -0.2) is 4.98 Å². The largest absolute Gasteiger partial charge is 0.348 e. The van der Waals surface area contributed by atoms with E-state index in [1.165, 1.54) is 18.1 Å². The molecule has 0 bridgehead atoms. The number of thioether (sulfide) groups is 1. The van der Waals surface area contributed by atoms with Gasteiger partial charge < -0.3 is 10.6 Å². The van der Waals surface area contributed by atoms with Crippen molar-refractivity contribution in [3.63, 3.8) is 0 Å². The summed E-state index contributed by atoms with van der Waals surface area (Å²) in [5.74, 6) is 0.529. The highest BCUT2D eigenvalue weighted by Crippen LogP contribution is 2.13. The van der Waals surface area contributed by atoms with E-state index in [-0.39, 0.29) is 22.8 Å². The van der Waals surface area contributed by atoms with E-state index in [0.29, 0.717) is 12.4 Å². The molecule has 3 N–H and O–H groups in total. The van der Waals surface area contributed by atoms with Crippen LogP contribution in [-0.2, 0) is 16.1 Å². The molecule has 8 heteroatoms. The number of hydrogen-bond acceptors (Lipinski definition) is 5. The molecule has 7 nitrogen and oxygen atoms in total. The average Bonchev–Trinajstić information content (AvgIpc) is 3.06. The molecular formula is C15H19N5O2S. The van der Waals surface area contributed by atoms with Gasteiger partial charge in [-0.05, 0) is 26.0 Å². The summed E-state index contributed by atoms with van der Waals surface area (Å²) in [6.07, 6.45) is 1.38. The lowest BCUT2D eigenvalue weighted by atomic mass is 10.2. The van der Waals surface area contributed by atoms with Crippen molar-refractivity contribution in [1.29, 1.82) is 0 Å². The molecule has 1 aromatic carbocycles. The van der Waals surface area contributed by atoms with Crippen LogP contribution >= 0.6 is 11.8 Å². The first kappa shape index (κ1) is 17.0. The van der Waals surface area contributed by atoms with Crippen LogP contribution in [0.2, 0.25) is 0 Å². The van der Waals surface area contributed by atoms with Crippen LogP contribution in [0, 0.1) is 6.92 Å². The minimum absolute atomic E-state index is 0.131. The van der Waals surface area contributed by atoms with Crippen molar-refractivity contribution in [2.45, 2.75) is 25.6 Å². The van der Waals surface area contributed by atoms with E-state index < -0.39 is 0 Å². The van der Waals surface area contributed by atoms with Crippen molar-refractivity contribution in [2.75, 3.05) is 11.1 Å². The Balaban J connectivity index is 1.70. The summed E-state index contributed by atoms with van der Waals surface area (Å²) in [6, 6.07) is 7.57. The molecule has 0 aliphatic carbocycles. The lowest BCUT2D eigenvalue weighted by Crippen LogP contribution is -2.31. The van der Waals surface area contributed by atoms with Crippen LogP contribution in [0.5, 0.6) is 0 Å². The SMILES string of the molecule is Cc1ccc(NC(=O)CSC(C)C(=O)NCc2ncn[nH]2)cc1. The summed E-state index contributed by atoms with van der Waals surface area (Å²) in [7, 11) is 0. The molecule has 0 radical (unpaired) electrons. The van der Waals surface area contributed by atoms with Crippen LogP contribution < -0.4 is 10.6 Å². The zero-order valence-corrected chi connectivity index (χ0v) is 13.8. The monoisotopic (exact) mass is 333 g/mol. The summed E-state index contributed by atoms with van der Waals surface area (Å²) < 4.78 is 0. The molecule has 0 spiro atoms. The summed E-state index contributed by atoms with van der Waals surface area (Å²) in [6.45, 7) is 4.04. The van der Waals surface area contributed by atoms with Gasteiger partial charge >= 0.3 is 0 Å². The fraction of sp³-hybridized carbons (Fsp3) is 0.333. The second-order valence-corrected chi connectivity index (χ2v) is 6.35. The summed E-state index contributed by atoms with van der Waals surface area (Å²) >= 11 is 1.28. The molecule has 0 aliphatic heterocycles. The van der Waals surface area contributed by atoms with Crippen molar-refractivity contribution in [3.05, 3.63) is 42.0 Å². The molecule has 0 aliphatic rings. The van der Waals surface area contributed by atoms with Crippen LogP contribution in [0.4, 0.5) is 5.69 Å². The third kappa shape index (κ3) is 5.74. The highest BCUT2D eigenvalue weighted by atomic mass is 32.2. The van der Waals surface area contributed by atoms with Crippen LogP contribution in [-0.4, -0.2) is 38.0 Å². The first-order chi connectivity index (χ1) is 11.0. The lowest BCUT2D eigenvalue weighted by Gasteiger charge is -2.11. The van der Waals surface area contributed by atoms with Gasteiger partial charge in [-0.3, -0.25) is 14.7 Å². The predicted octanol–water partition coefficient (Wildman–Crippen LogP) is 1.49. The van der Waals surface area contributed by atoms with Gasteiger partial charge in [0.1, 0.15) is 12.2 Å². The Morgan fingerprint density at radius 1 is 1.30 bits per heavy atom. The zero-order valence-electron chi connectivity index (χ0n) is 13.0. The van der Waals surface area contributed by atoms with Crippen molar-refractivity contribution in [1.82, 2.24) is 20.5 Å². The summed E-state index contributed by atoms with van der Waals surface area (Å²) in [5.41, 5.74) is 1.89. The van der Waals surface area contributed by atoms with Gasteiger partial charge in [-0.15, -0.1) is 11.8 Å². The molecule has 0 fully saturated rings. The van der Waals surface area contributed by atoms with Gasteiger partial charge in [0.2, 0.25) is 11.8 Å². The number of hydrogen-bond donors (Lipinski definition) is 3. The Labute approximate surface area is 138 Å². The minimum Gasteiger partial charge on any atom is -0.348 e. The van der Waals surface area contributed by atoms with Crippen molar-refractivity contribution >= 4 is 29.3 Å². The quantitative estimate of drug-likeness (QED) is 0.713. The van der Waals surface area contributed by atoms with Gasteiger partial charge in [0.25, 0.3) is 0 Å². The Morgan fingerprint density at radius 3 is 2.70 bits per heavy atom. The normalized spacial score (nSPS) is 11.7. The third-order valence-corrected chi connectivity index (χ3v) is 4.21. The molecule has 23 heavy (non-hydrogen) atoms. The molecule has 122 valence electrons. The number of aryl methyl sites for hydroxylation is 1. The highest BCUT2D eigenvalue weighted by molar-refractivity contribution is 8.01. The van der Waals surface area contributed by atoms with Crippen LogP contribution in [0.25, 0.3) is 0 Å². The van der Waals surface area contributed by atoms with Crippen molar-refractivity contribution in [2.24, 2.45) is 0 Å². The zero-order chi connectivity index (χ0) is 16.7. The van der Waals surface area contributed by atoms with Gasteiger partial charge in [-0.1, -0.05) is 17.7 Å². The predicted molar refractivity (Wildman–Crippen MR) is 90.0 cm³/mol. The highest BCUT2D eigenvalue weighted by Gasteiger charge is 2.15. The number of carbonyl (C=O) groups is 2. The number of amides is 2. The Hall–Kier alpha value is -2.35. The summed E-state index contributed by atoms with van der Waals surface area (Å²) in [4.78, 5) is 27.7. The molecule has 2 rings (SSSR count). The molecular weight excluding hydrogens is 314 g/mol. The maximum Gasteiger partial charge on any atom is 0.234 e. The number of rotatable bonds is 7. The fourth-order valence-corrected chi connectivity index (χ4v) is 2.45. The van der Waals surface area contributed by atoms with E-state index in [4.69, 9.17) is 0 Å². The van der Waals surface area contributed by atoms with Gasteiger partial charge in [0.05, 0.1) is 17.5 Å². The molecule has 2 aromatic rings. The molecule has 1 aromatic heterocycles. The molecule has 0 saturated heterocycles. The van der Waals surface area contributed by atoms with E-state index in [1.54, 1.807) is 6.92 Å². The van der Waals surface area contributed by atoms with Crippen LogP contribution in [0.15, 0.2) is 30.6 Å². The second kappa shape index (κ2) is 8.33. The standard InChI is InChI=1S/C15H19N5O2S/c1-10-3-5-12(6-4-10)19-14(21)8-23-11(2)15(22)16-7-13-17-9-18-20-13/h3-6,9,11H,7-8H2,1-2H3,(H,16,22)(H,19,21)(H,17,18,20). The molecule has 2 amide bonds.